The number of nitrogens with zero attached hydrogens (tertiary/aromatic N) is 2. The Balaban J connectivity index is 1.46. The van der Waals surface area contributed by atoms with Crippen LogP contribution in [0.5, 0.6) is 0 Å². The number of thioether (sulfide) groups is 1. The fourth-order valence-corrected chi connectivity index (χ4v) is 4.28. The Bertz CT molecular complexity index is 965. The summed E-state index contributed by atoms with van der Waals surface area (Å²) in [6.07, 6.45) is 2.03. The van der Waals surface area contributed by atoms with Crippen molar-refractivity contribution in [3.8, 4) is 0 Å². The number of fused-ring (bicyclic) bond motifs is 1. The van der Waals surface area contributed by atoms with E-state index in [4.69, 9.17) is 4.84 Å². The minimum atomic E-state index is -0.823. The highest BCUT2D eigenvalue weighted by molar-refractivity contribution is 8.00. The molecule has 2 aliphatic rings. The SMILES string of the molecule is O=C(ON1C(=O)c2ccccc2C1=O)c1ccccc1SCC(=O)N1CCCC1. The molecule has 0 aromatic heterocycles. The normalized spacial score (nSPS) is 15.6. The van der Waals surface area contributed by atoms with Crippen LogP contribution in [0.15, 0.2) is 53.4 Å². The molecule has 29 heavy (non-hydrogen) atoms. The van der Waals surface area contributed by atoms with E-state index in [9.17, 15) is 19.2 Å². The summed E-state index contributed by atoms with van der Waals surface area (Å²) < 4.78 is 0. The van der Waals surface area contributed by atoms with Crippen LogP contribution in [0.25, 0.3) is 0 Å². The summed E-state index contributed by atoms with van der Waals surface area (Å²) >= 11 is 1.24. The van der Waals surface area contributed by atoms with Crippen LogP contribution < -0.4 is 0 Å². The van der Waals surface area contributed by atoms with Gasteiger partial charge in [-0.15, -0.1) is 11.8 Å². The zero-order chi connectivity index (χ0) is 20.4. The molecule has 0 spiro atoms. The van der Waals surface area contributed by atoms with E-state index >= 15 is 0 Å². The molecular formula is C21H18N2O5S. The van der Waals surface area contributed by atoms with Gasteiger partial charge < -0.3 is 9.74 Å². The van der Waals surface area contributed by atoms with E-state index in [1.807, 2.05) is 4.90 Å². The zero-order valence-corrected chi connectivity index (χ0v) is 16.3. The summed E-state index contributed by atoms with van der Waals surface area (Å²) in [5.41, 5.74) is 0.594. The molecule has 0 N–H and O–H groups in total. The number of benzene rings is 2. The van der Waals surface area contributed by atoms with Crippen LogP contribution in [0, 0.1) is 0 Å². The van der Waals surface area contributed by atoms with Gasteiger partial charge in [-0.05, 0) is 37.1 Å². The average molecular weight is 410 g/mol. The van der Waals surface area contributed by atoms with Gasteiger partial charge >= 0.3 is 5.97 Å². The molecular weight excluding hydrogens is 392 g/mol. The second kappa shape index (κ2) is 8.08. The number of carbonyl (C=O) groups excluding carboxylic acids is 4. The maximum absolute atomic E-state index is 12.7. The van der Waals surface area contributed by atoms with Crippen LogP contribution in [0.3, 0.4) is 0 Å². The Labute approximate surface area is 171 Å². The Morgan fingerprint density at radius 3 is 2.14 bits per heavy atom. The van der Waals surface area contributed by atoms with Gasteiger partial charge in [-0.2, -0.15) is 0 Å². The van der Waals surface area contributed by atoms with E-state index in [1.165, 1.54) is 23.9 Å². The van der Waals surface area contributed by atoms with Gasteiger partial charge in [-0.3, -0.25) is 14.4 Å². The molecule has 8 heteroatoms. The molecule has 2 aromatic carbocycles. The topological polar surface area (TPSA) is 84.0 Å². The quantitative estimate of drug-likeness (QED) is 0.557. The van der Waals surface area contributed by atoms with Gasteiger partial charge in [0.25, 0.3) is 11.8 Å². The lowest BCUT2D eigenvalue weighted by molar-refractivity contribution is -0.127. The fraction of sp³-hybridized carbons (Fsp3) is 0.238. The number of likely N-dealkylation sites (tertiary alicyclic amines) is 1. The summed E-state index contributed by atoms with van der Waals surface area (Å²) in [5.74, 6) is -1.94. The van der Waals surface area contributed by atoms with Gasteiger partial charge in [0.1, 0.15) is 0 Å². The molecule has 148 valence electrons. The number of carbonyl (C=O) groups is 4. The van der Waals surface area contributed by atoms with E-state index in [0.717, 1.165) is 25.9 Å². The van der Waals surface area contributed by atoms with E-state index in [2.05, 4.69) is 0 Å². The molecule has 3 amide bonds. The van der Waals surface area contributed by atoms with E-state index in [1.54, 1.807) is 36.4 Å². The fourth-order valence-electron chi connectivity index (χ4n) is 3.34. The van der Waals surface area contributed by atoms with Crippen molar-refractivity contribution in [2.45, 2.75) is 17.7 Å². The first-order chi connectivity index (χ1) is 14.1. The molecule has 7 nitrogen and oxygen atoms in total. The molecule has 0 radical (unpaired) electrons. The number of hydrogen-bond donors (Lipinski definition) is 0. The molecule has 2 aliphatic heterocycles. The second-order valence-electron chi connectivity index (χ2n) is 6.70. The van der Waals surface area contributed by atoms with Crippen molar-refractivity contribution in [1.82, 2.24) is 9.96 Å². The van der Waals surface area contributed by atoms with Crippen LogP contribution in [-0.2, 0) is 9.63 Å². The molecule has 1 fully saturated rings. The molecule has 2 heterocycles. The first kappa shape index (κ1) is 19.2. The molecule has 0 saturated carbocycles. The minimum Gasteiger partial charge on any atom is -0.342 e. The highest BCUT2D eigenvalue weighted by Crippen LogP contribution is 2.27. The van der Waals surface area contributed by atoms with Crippen molar-refractivity contribution >= 4 is 35.5 Å². The standard InChI is InChI=1S/C21H18N2O5S/c24-18(22-11-5-6-12-22)13-29-17-10-4-3-9-16(17)21(27)28-23-19(25)14-7-1-2-8-15(14)20(23)26/h1-4,7-10H,5-6,11-13H2. The number of hydrogen-bond acceptors (Lipinski definition) is 6. The molecule has 0 bridgehead atoms. The van der Waals surface area contributed by atoms with Gasteiger partial charge in [0.2, 0.25) is 5.91 Å². The maximum atomic E-state index is 12.7. The molecule has 4 rings (SSSR count). The third-order valence-corrected chi connectivity index (χ3v) is 5.91. The van der Waals surface area contributed by atoms with Crippen LogP contribution in [0.4, 0.5) is 0 Å². The van der Waals surface area contributed by atoms with Gasteiger partial charge in [-0.25, -0.2) is 4.79 Å². The summed E-state index contributed by atoms with van der Waals surface area (Å²) in [4.78, 5) is 57.3. The van der Waals surface area contributed by atoms with Crippen LogP contribution >= 0.6 is 11.8 Å². The molecule has 0 atom stereocenters. The maximum Gasteiger partial charge on any atom is 0.365 e. The summed E-state index contributed by atoms with van der Waals surface area (Å²) in [6, 6.07) is 13.0. The van der Waals surface area contributed by atoms with Gasteiger partial charge in [-0.1, -0.05) is 29.3 Å². The Kier molecular flexibility index (Phi) is 5.35. The molecule has 2 aromatic rings. The first-order valence-electron chi connectivity index (χ1n) is 9.26. The smallest absolute Gasteiger partial charge is 0.342 e. The van der Waals surface area contributed by atoms with Crippen molar-refractivity contribution in [3.63, 3.8) is 0 Å². The Morgan fingerprint density at radius 2 is 1.48 bits per heavy atom. The lowest BCUT2D eigenvalue weighted by atomic mass is 10.1. The van der Waals surface area contributed by atoms with Crippen molar-refractivity contribution in [3.05, 3.63) is 65.2 Å². The van der Waals surface area contributed by atoms with Gasteiger partial charge in [0.05, 0.1) is 22.4 Å². The van der Waals surface area contributed by atoms with E-state index in [-0.39, 0.29) is 28.4 Å². The monoisotopic (exact) mass is 410 g/mol. The highest BCUT2D eigenvalue weighted by atomic mass is 32.2. The largest absolute Gasteiger partial charge is 0.365 e. The Morgan fingerprint density at radius 1 is 0.897 bits per heavy atom. The number of hydroxylamine groups is 2. The third-order valence-electron chi connectivity index (χ3n) is 4.85. The van der Waals surface area contributed by atoms with E-state index in [0.29, 0.717) is 9.96 Å². The predicted molar refractivity (Wildman–Crippen MR) is 105 cm³/mol. The average Bonchev–Trinajstić information content (AvgIpc) is 3.36. The van der Waals surface area contributed by atoms with Gasteiger partial charge in [0, 0.05) is 18.0 Å². The lowest BCUT2D eigenvalue weighted by Crippen LogP contribution is -2.33. The highest BCUT2D eigenvalue weighted by Gasteiger charge is 2.39. The van der Waals surface area contributed by atoms with Crippen molar-refractivity contribution in [1.29, 1.82) is 0 Å². The zero-order valence-electron chi connectivity index (χ0n) is 15.5. The van der Waals surface area contributed by atoms with Crippen molar-refractivity contribution in [2.24, 2.45) is 0 Å². The molecule has 0 unspecified atom stereocenters. The first-order valence-corrected chi connectivity index (χ1v) is 10.2. The summed E-state index contributed by atoms with van der Waals surface area (Å²) in [5, 5.41) is 0.490. The minimum absolute atomic E-state index is 0.0241. The Hall–Kier alpha value is -3.13. The number of rotatable bonds is 5. The summed E-state index contributed by atoms with van der Waals surface area (Å²) in [6.45, 7) is 1.53. The van der Waals surface area contributed by atoms with Gasteiger partial charge in [0.15, 0.2) is 0 Å². The number of imide groups is 1. The summed E-state index contributed by atoms with van der Waals surface area (Å²) in [7, 11) is 0. The van der Waals surface area contributed by atoms with Crippen LogP contribution in [0.2, 0.25) is 0 Å². The van der Waals surface area contributed by atoms with Crippen LogP contribution in [0.1, 0.15) is 43.9 Å². The molecule has 0 aliphatic carbocycles. The third kappa shape index (κ3) is 3.75. The number of amides is 3. The van der Waals surface area contributed by atoms with Crippen LogP contribution in [-0.4, -0.2) is 52.5 Å². The predicted octanol–water partition coefficient (Wildman–Crippen LogP) is 2.77. The molecule has 1 saturated heterocycles. The van der Waals surface area contributed by atoms with Crippen molar-refractivity contribution < 1.29 is 24.0 Å². The van der Waals surface area contributed by atoms with E-state index < -0.39 is 17.8 Å². The second-order valence-corrected chi connectivity index (χ2v) is 7.72. The lowest BCUT2D eigenvalue weighted by Gasteiger charge is -2.16. The van der Waals surface area contributed by atoms with Crippen molar-refractivity contribution in [2.75, 3.05) is 18.8 Å².